The number of nitrogens with one attached hydrogen (secondary N) is 3. The van der Waals surface area contributed by atoms with Crippen LogP contribution >= 0.6 is 11.8 Å². The fraction of sp³-hybridized carbons (Fsp3) is 0.565. The van der Waals surface area contributed by atoms with Crippen molar-refractivity contribution in [2.75, 3.05) is 12.0 Å². The molecule has 1 rings (SSSR count). The molecule has 5 atom stereocenters. The van der Waals surface area contributed by atoms with E-state index in [9.17, 15) is 29.4 Å². The predicted molar refractivity (Wildman–Crippen MR) is 131 cm³/mol. The molecule has 1 aromatic rings. The van der Waals surface area contributed by atoms with Crippen LogP contribution in [0.2, 0.25) is 0 Å². The van der Waals surface area contributed by atoms with Crippen LogP contribution in [0.1, 0.15) is 39.2 Å². The Morgan fingerprint density at radius 1 is 0.971 bits per heavy atom. The maximum atomic E-state index is 13.0. The van der Waals surface area contributed by atoms with Gasteiger partial charge in [0.15, 0.2) is 0 Å². The number of hydrogen-bond acceptors (Lipinski definition) is 7. The van der Waals surface area contributed by atoms with Gasteiger partial charge in [0.2, 0.25) is 17.7 Å². The second kappa shape index (κ2) is 14.5. The number of carboxylic acids is 1. The molecule has 5 unspecified atom stereocenters. The van der Waals surface area contributed by atoms with Gasteiger partial charge in [-0.3, -0.25) is 14.4 Å². The van der Waals surface area contributed by atoms with Gasteiger partial charge in [-0.1, -0.05) is 32.4 Å². The van der Waals surface area contributed by atoms with Gasteiger partial charge in [-0.15, -0.1) is 0 Å². The lowest BCUT2D eigenvalue weighted by Crippen LogP contribution is -2.58. The highest BCUT2D eigenvalue weighted by atomic mass is 32.2. The van der Waals surface area contributed by atoms with Crippen LogP contribution in [0, 0.1) is 5.92 Å². The molecule has 0 saturated heterocycles. The van der Waals surface area contributed by atoms with Crippen LogP contribution in [-0.2, 0) is 25.6 Å². The van der Waals surface area contributed by atoms with Crippen LogP contribution in [0.15, 0.2) is 24.3 Å². The van der Waals surface area contributed by atoms with Crippen molar-refractivity contribution in [3.05, 3.63) is 29.8 Å². The van der Waals surface area contributed by atoms with Crippen molar-refractivity contribution in [1.82, 2.24) is 16.0 Å². The molecule has 0 bridgehead atoms. The van der Waals surface area contributed by atoms with E-state index >= 15 is 0 Å². The number of carbonyl (C=O) groups excluding carboxylic acids is 3. The van der Waals surface area contributed by atoms with Crippen molar-refractivity contribution in [1.29, 1.82) is 0 Å². The number of carboxylic acid groups (broad SMARTS) is 1. The van der Waals surface area contributed by atoms with Crippen molar-refractivity contribution in [3.63, 3.8) is 0 Å². The van der Waals surface area contributed by atoms with E-state index < -0.39 is 47.9 Å². The Morgan fingerprint density at radius 2 is 1.56 bits per heavy atom. The first-order chi connectivity index (χ1) is 16.0. The molecule has 10 nitrogen and oxygen atoms in total. The Balaban J connectivity index is 2.99. The number of phenols is 1. The van der Waals surface area contributed by atoms with Crippen molar-refractivity contribution >= 4 is 35.5 Å². The maximum Gasteiger partial charge on any atom is 0.326 e. The lowest BCUT2D eigenvalue weighted by atomic mass is 9.97. The lowest BCUT2D eigenvalue weighted by molar-refractivity contribution is -0.142. The van der Waals surface area contributed by atoms with E-state index in [0.717, 1.165) is 0 Å². The van der Waals surface area contributed by atoms with Gasteiger partial charge in [0, 0.05) is 6.42 Å². The Morgan fingerprint density at radius 3 is 2.06 bits per heavy atom. The number of aromatic hydroxyl groups is 1. The average molecular weight is 497 g/mol. The van der Waals surface area contributed by atoms with Crippen LogP contribution in [-0.4, -0.2) is 70.1 Å². The molecule has 0 fully saturated rings. The van der Waals surface area contributed by atoms with Gasteiger partial charge < -0.3 is 31.9 Å². The van der Waals surface area contributed by atoms with Gasteiger partial charge in [-0.05, 0) is 49.0 Å². The number of nitrogens with two attached hydrogens (primary N) is 1. The number of phenolic OH excluding ortho intramolecular Hbond substituents is 1. The van der Waals surface area contributed by atoms with Crippen LogP contribution in [0.5, 0.6) is 5.75 Å². The summed E-state index contributed by atoms with van der Waals surface area (Å²) in [5.41, 5.74) is 6.23. The zero-order valence-corrected chi connectivity index (χ0v) is 20.9. The fourth-order valence-electron chi connectivity index (χ4n) is 3.09. The maximum absolute atomic E-state index is 13.0. The molecule has 0 saturated carbocycles. The molecule has 0 aliphatic carbocycles. The summed E-state index contributed by atoms with van der Waals surface area (Å²) >= 11 is 1.48. The summed E-state index contributed by atoms with van der Waals surface area (Å²) in [5, 5.41) is 26.8. The number of rotatable bonds is 14. The summed E-state index contributed by atoms with van der Waals surface area (Å²) < 4.78 is 0. The largest absolute Gasteiger partial charge is 0.508 e. The van der Waals surface area contributed by atoms with Gasteiger partial charge in [0.1, 0.15) is 23.9 Å². The summed E-state index contributed by atoms with van der Waals surface area (Å²) in [5.74, 6) is -2.48. The highest BCUT2D eigenvalue weighted by Gasteiger charge is 2.31. The summed E-state index contributed by atoms with van der Waals surface area (Å²) in [4.78, 5) is 49.9. The summed E-state index contributed by atoms with van der Waals surface area (Å²) in [7, 11) is 0. The van der Waals surface area contributed by atoms with Crippen molar-refractivity contribution < 1.29 is 29.4 Å². The van der Waals surface area contributed by atoms with Crippen LogP contribution in [0.25, 0.3) is 0 Å². The normalized spacial score (nSPS) is 15.3. The molecule has 190 valence electrons. The molecule has 0 aromatic heterocycles. The molecule has 34 heavy (non-hydrogen) atoms. The smallest absolute Gasteiger partial charge is 0.326 e. The zero-order chi connectivity index (χ0) is 25.8. The standard InChI is InChI=1S/C23H36N4O6S/c1-5-13(2)19(27-20(29)14(3)24)22(31)25-17(10-11-34-4)21(30)26-18(23(32)33)12-15-6-8-16(28)9-7-15/h6-9,13-14,17-19,28H,5,10-12,24H2,1-4H3,(H,25,31)(H,26,30)(H,27,29)(H,32,33). The molecule has 11 heteroatoms. The third-order valence-electron chi connectivity index (χ3n) is 5.44. The lowest BCUT2D eigenvalue weighted by Gasteiger charge is -2.27. The third-order valence-corrected chi connectivity index (χ3v) is 6.09. The number of benzene rings is 1. The van der Waals surface area contributed by atoms with E-state index in [0.29, 0.717) is 17.7 Å². The van der Waals surface area contributed by atoms with Gasteiger partial charge in [-0.2, -0.15) is 11.8 Å². The van der Waals surface area contributed by atoms with E-state index in [-0.39, 0.29) is 24.5 Å². The molecule has 0 radical (unpaired) electrons. The SMILES string of the molecule is CCC(C)C(NC(=O)C(C)N)C(=O)NC(CCSC)C(=O)NC(Cc1ccc(O)cc1)C(=O)O. The molecule has 3 amide bonds. The number of aliphatic carboxylic acids is 1. The molecule has 7 N–H and O–H groups in total. The van der Waals surface area contributed by atoms with E-state index in [1.165, 1.54) is 30.8 Å². The van der Waals surface area contributed by atoms with Crippen LogP contribution in [0.4, 0.5) is 0 Å². The Labute approximate surface area is 204 Å². The van der Waals surface area contributed by atoms with E-state index in [4.69, 9.17) is 5.73 Å². The quantitative estimate of drug-likeness (QED) is 0.218. The number of amides is 3. The minimum atomic E-state index is -1.23. The van der Waals surface area contributed by atoms with Crippen molar-refractivity contribution in [3.8, 4) is 5.75 Å². The first kappa shape index (κ1) is 29.2. The summed E-state index contributed by atoms with van der Waals surface area (Å²) in [6, 6.07) is 2.11. The molecule has 0 heterocycles. The Kier molecular flexibility index (Phi) is 12.4. The van der Waals surface area contributed by atoms with Gasteiger partial charge in [-0.25, -0.2) is 4.79 Å². The van der Waals surface area contributed by atoms with E-state index in [1.54, 1.807) is 19.1 Å². The number of hydrogen-bond donors (Lipinski definition) is 6. The number of carbonyl (C=O) groups is 4. The second-order valence-electron chi connectivity index (χ2n) is 8.27. The average Bonchev–Trinajstić information content (AvgIpc) is 2.79. The minimum Gasteiger partial charge on any atom is -0.508 e. The van der Waals surface area contributed by atoms with Gasteiger partial charge in [0.25, 0.3) is 0 Å². The van der Waals surface area contributed by atoms with E-state index in [1.807, 2.05) is 13.2 Å². The molecule has 0 spiro atoms. The highest BCUT2D eigenvalue weighted by molar-refractivity contribution is 7.98. The van der Waals surface area contributed by atoms with Crippen LogP contribution in [0.3, 0.4) is 0 Å². The molecular formula is C23H36N4O6S. The monoisotopic (exact) mass is 496 g/mol. The first-order valence-corrected chi connectivity index (χ1v) is 12.6. The number of thioether (sulfide) groups is 1. The summed E-state index contributed by atoms with van der Waals surface area (Å²) in [6.07, 6.45) is 2.74. The Hall–Kier alpha value is -2.79. The summed E-state index contributed by atoms with van der Waals surface area (Å²) in [6.45, 7) is 5.19. The van der Waals surface area contributed by atoms with Gasteiger partial charge >= 0.3 is 5.97 Å². The van der Waals surface area contributed by atoms with Gasteiger partial charge in [0.05, 0.1) is 6.04 Å². The van der Waals surface area contributed by atoms with Crippen molar-refractivity contribution in [2.24, 2.45) is 11.7 Å². The topological polar surface area (TPSA) is 171 Å². The zero-order valence-electron chi connectivity index (χ0n) is 20.0. The van der Waals surface area contributed by atoms with Crippen molar-refractivity contribution in [2.45, 2.75) is 64.2 Å². The minimum absolute atomic E-state index is 0.00445. The second-order valence-corrected chi connectivity index (χ2v) is 9.26. The highest BCUT2D eigenvalue weighted by Crippen LogP contribution is 2.13. The fourth-order valence-corrected chi connectivity index (χ4v) is 3.56. The van der Waals surface area contributed by atoms with Crippen LogP contribution < -0.4 is 21.7 Å². The molecular weight excluding hydrogens is 460 g/mol. The molecule has 0 aliphatic rings. The molecule has 0 aliphatic heterocycles. The first-order valence-electron chi connectivity index (χ1n) is 11.2. The third kappa shape index (κ3) is 9.60. The molecule has 1 aromatic carbocycles. The Bertz CT molecular complexity index is 833. The van der Waals surface area contributed by atoms with E-state index in [2.05, 4.69) is 16.0 Å². The predicted octanol–water partition coefficient (Wildman–Crippen LogP) is 0.620.